The first kappa shape index (κ1) is 14.5. The molecule has 1 N–H and O–H groups in total. The molecule has 0 aliphatic rings. The molecule has 110 valence electrons. The zero-order valence-corrected chi connectivity index (χ0v) is 13.9. The Morgan fingerprint density at radius 3 is 3.00 bits per heavy atom. The van der Waals surface area contributed by atoms with Crippen LogP contribution in [0.1, 0.15) is 10.6 Å². The minimum Gasteiger partial charge on any atom is -0.311 e. The topological polar surface area (TPSA) is 51.3 Å². The maximum atomic E-state index is 12.3. The SMILES string of the molecule is Cc1cc2c(=O)n(CCNCc3cc(Br)cs3)ccn2n1. The Morgan fingerprint density at radius 2 is 2.24 bits per heavy atom. The fourth-order valence-electron chi connectivity index (χ4n) is 2.18. The van der Waals surface area contributed by atoms with Crippen molar-refractivity contribution in [1.29, 1.82) is 0 Å². The van der Waals surface area contributed by atoms with E-state index in [0.29, 0.717) is 12.1 Å². The van der Waals surface area contributed by atoms with E-state index in [1.807, 2.05) is 19.2 Å². The lowest BCUT2D eigenvalue weighted by Crippen LogP contribution is -2.27. The monoisotopic (exact) mass is 366 g/mol. The molecule has 0 atom stereocenters. The van der Waals surface area contributed by atoms with Gasteiger partial charge in [0.05, 0.1) is 5.69 Å². The summed E-state index contributed by atoms with van der Waals surface area (Å²) < 4.78 is 4.46. The fraction of sp³-hybridized carbons (Fsp3) is 0.286. The Bertz CT molecular complexity index is 820. The molecule has 0 spiro atoms. The van der Waals surface area contributed by atoms with Gasteiger partial charge in [-0.25, -0.2) is 4.52 Å². The number of halogens is 1. The molecule has 0 aromatic carbocycles. The normalized spacial score (nSPS) is 11.3. The van der Waals surface area contributed by atoms with Crippen molar-refractivity contribution in [3.8, 4) is 0 Å². The highest BCUT2D eigenvalue weighted by Crippen LogP contribution is 2.19. The zero-order valence-electron chi connectivity index (χ0n) is 11.5. The number of hydrogen-bond donors (Lipinski definition) is 1. The number of nitrogens with zero attached hydrogens (tertiary/aromatic N) is 3. The quantitative estimate of drug-likeness (QED) is 0.705. The van der Waals surface area contributed by atoms with Crippen LogP contribution in [0.25, 0.3) is 5.52 Å². The maximum absolute atomic E-state index is 12.3. The molecule has 0 aliphatic heterocycles. The molecule has 0 amide bonds. The Hall–Kier alpha value is -1.44. The van der Waals surface area contributed by atoms with Gasteiger partial charge >= 0.3 is 0 Å². The first-order valence-electron chi connectivity index (χ1n) is 6.62. The predicted octanol–water partition coefficient (Wildman–Crippen LogP) is 2.42. The molecule has 3 aromatic rings. The van der Waals surface area contributed by atoms with Gasteiger partial charge in [0.2, 0.25) is 0 Å². The molecule has 0 aliphatic carbocycles. The summed E-state index contributed by atoms with van der Waals surface area (Å²) in [7, 11) is 0. The van der Waals surface area contributed by atoms with Gasteiger partial charge < -0.3 is 9.88 Å². The minimum absolute atomic E-state index is 0.00114. The molecule has 5 nitrogen and oxygen atoms in total. The largest absolute Gasteiger partial charge is 0.311 e. The van der Waals surface area contributed by atoms with E-state index in [4.69, 9.17) is 0 Å². The van der Waals surface area contributed by atoms with Crippen LogP contribution in [0, 0.1) is 6.92 Å². The summed E-state index contributed by atoms with van der Waals surface area (Å²) in [4.78, 5) is 13.6. The van der Waals surface area contributed by atoms with E-state index in [1.165, 1.54) is 4.88 Å². The van der Waals surface area contributed by atoms with Crippen LogP contribution in [0.5, 0.6) is 0 Å². The summed E-state index contributed by atoms with van der Waals surface area (Å²) in [6.07, 6.45) is 3.60. The van der Waals surface area contributed by atoms with Gasteiger partial charge in [-0.05, 0) is 35.0 Å². The number of aryl methyl sites for hydroxylation is 1. The first-order valence-corrected chi connectivity index (χ1v) is 8.30. The standard InChI is InChI=1S/C14H15BrN4OS/c1-10-6-13-14(20)18(4-5-19(13)17-10)3-2-16-8-12-7-11(15)9-21-12/h4-7,9,16H,2-3,8H2,1H3. The van der Waals surface area contributed by atoms with E-state index in [9.17, 15) is 4.79 Å². The Balaban J connectivity index is 1.62. The lowest BCUT2D eigenvalue weighted by molar-refractivity contribution is 0.585. The number of rotatable bonds is 5. The van der Waals surface area contributed by atoms with Gasteiger partial charge in [-0.15, -0.1) is 11.3 Å². The summed E-state index contributed by atoms with van der Waals surface area (Å²) in [6, 6.07) is 3.92. The van der Waals surface area contributed by atoms with Gasteiger partial charge in [0, 0.05) is 46.8 Å². The van der Waals surface area contributed by atoms with Crippen LogP contribution in [-0.4, -0.2) is 20.7 Å². The summed E-state index contributed by atoms with van der Waals surface area (Å²) in [5.74, 6) is 0. The lowest BCUT2D eigenvalue weighted by atomic mass is 10.4. The van der Waals surface area contributed by atoms with Gasteiger partial charge in [-0.2, -0.15) is 5.10 Å². The van der Waals surface area contributed by atoms with Crippen LogP contribution in [0.4, 0.5) is 0 Å². The lowest BCUT2D eigenvalue weighted by Gasteiger charge is -2.07. The predicted molar refractivity (Wildman–Crippen MR) is 87.9 cm³/mol. The summed E-state index contributed by atoms with van der Waals surface area (Å²) in [5, 5.41) is 9.66. The third-order valence-corrected chi connectivity index (χ3v) is 4.87. The van der Waals surface area contributed by atoms with Crippen LogP contribution in [-0.2, 0) is 13.1 Å². The molecule has 0 fully saturated rings. The molecule has 21 heavy (non-hydrogen) atoms. The van der Waals surface area contributed by atoms with Crippen molar-refractivity contribution in [2.45, 2.75) is 20.0 Å². The zero-order chi connectivity index (χ0) is 14.8. The molecular weight excluding hydrogens is 352 g/mol. The second-order valence-electron chi connectivity index (χ2n) is 4.82. The molecule has 3 rings (SSSR count). The van der Waals surface area contributed by atoms with Crippen molar-refractivity contribution in [2.75, 3.05) is 6.54 Å². The van der Waals surface area contributed by atoms with E-state index in [-0.39, 0.29) is 5.56 Å². The highest BCUT2D eigenvalue weighted by Gasteiger charge is 2.05. The molecule has 0 saturated heterocycles. The van der Waals surface area contributed by atoms with E-state index >= 15 is 0 Å². The number of thiophene rings is 1. The smallest absolute Gasteiger partial charge is 0.276 e. The molecule has 0 radical (unpaired) electrons. The highest BCUT2D eigenvalue weighted by atomic mass is 79.9. The molecule has 0 bridgehead atoms. The summed E-state index contributed by atoms with van der Waals surface area (Å²) in [6.45, 7) is 4.10. The van der Waals surface area contributed by atoms with Crippen molar-refractivity contribution in [3.05, 3.63) is 55.3 Å². The fourth-order valence-corrected chi connectivity index (χ4v) is 3.60. The van der Waals surface area contributed by atoms with Crippen molar-refractivity contribution in [2.24, 2.45) is 0 Å². The van der Waals surface area contributed by atoms with Crippen molar-refractivity contribution >= 4 is 32.8 Å². The molecule has 0 unspecified atom stereocenters. The van der Waals surface area contributed by atoms with Gasteiger partial charge in [0.25, 0.3) is 5.56 Å². The molecule has 3 aromatic heterocycles. The van der Waals surface area contributed by atoms with E-state index < -0.39 is 0 Å². The Kier molecular flexibility index (Phi) is 4.23. The molecular formula is C14H15BrN4OS. The number of nitrogens with one attached hydrogen (secondary N) is 1. The van der Waals surface area contributed by atoms with Gasteiger partial charge in [-0.3, -0.25) is 4.79 Å². The summed E-state index contributed by atoms with van der Waals surface area (Å²) in [5.41, 5.74) is 1.47. The Morgan fingerprint density at radius 1 is 1.38 bits per heavy atom. The average Bonchev–Trinajstić information content (AvgIpc) is 3.03. The number of hydrogen-bond acceptors (Lipinski definition) is 4. The number of fused-ring (bicyclic) bond motifs is 1. The van der Waals surface area contributed by atoms with Crippen molar-refractivity contribution < 1.29 is 0 Å². The minimum atomic E-state index is -0.00114. The third kappa shape index (κ3) is 3.25. The first-order chi connectivity index (χ1) is 10.1. The van der Waals surface area contributed by atoms with Crippen molar-refractivity contribution in [1.82, 2.24) is 19.5 Å². The highest BCUT2D eigenvalue weighted by molar-refractivity contribution is 9.10. The van der Waals surface area contributed by atoms with E-state index in [2.05, 4.69) is 37.8 Å². The maximum Gasteiger partial charge on any atom is 0.276 e. The molecule has 0 saturated carbocycles. The average molecular weight is 367 g/mol. The molecule has 3 heterocycles. The van der Waals surface area contributed by atoms with Gasteiger partial charge in [0.1, 0.15) is 5.52 Å². The van der Waals surface area contributed by atoms with Crippen LogP contribution >= 0.6 is 27.3 Å². The third-order valence-electron chi connectivity index (χ3n) is 3.18. The second kappa shape index (κ2) is 6.13. The van der Waals surface area contributed by atoms with E-state index in [0.717, 1.165) is 23.3 Å². The van der Waals surface area contributed by atoms with Gasteiger partial charge in [-0.1, -0.05) is 0 Å². The van der Waals surface area contributed by atoms with Crippen molar-refractivity contribution in [3.63, 3.8) is 0 Å². The molecule has 7 heteroatoms. The second-order valence-corrected chi connectivity index (χ2v) is 6.73. The van der Waals surface area contributed by atoms with Crippen LogP contribution in [0.2, 0.25) is 0 Å². The van der Waals surface area contributed by atoms with Crippen LogP contribution in [0.15, 0.2) is 39.2 Å². The van der Waals surface area contributed by atoms with Crippen LogP contribution < -0.4 is 10.9 Å². The van der Waals surface area contributed by atoms with Gasteiger partial charge in [0.15, 0.2) is 0 Å². The van der Waals surface area contributed by atoms with Crippen LogP contribution in [0.3, 0.4) is 0 Å². The Labute approximate surface area is 134 Å². The number of aromatic nitrogens is 3. The summed E-state index contributed by atoms with van der Waals surface area (Å²) >= 11 is 5.16. The van der Waals surface area contributed by atoms with E-state index in [1.54, 1.807) is 26.6 Å².